The minimum absolute atomic E-state index is 0.0419. The summed E-state index contributed by atoms with van der Waals surface area (Å²) in [4.78, 5) is 13.2. The predicted molar refractivity (Wildman–Crippen MR) is 131 cm³/mol. The third kappa shape index (κ3) is 9.42. The predicted octanol–water partition coefficient (Wildman–Crippen LogP) is 7.34. The lowest BCUT2D eigenvalue weighted by atomic mass is 9.93. The van der Waals surface area contributed by atoms with Crippen molar-refractivity contribution in [1.29, 1.82) is 0 Å². The van der Waals surface area contributed by atoms with Crippen molar-refractivity contribution in [3.05, 3.63) is 111 Å². The van der Waals surface area contributed by atoms with Crippen LogP contribution in [0.5, 0.6) is 0 Å². The summed E-state index contributed by atoms with van der Waals surface area (Å²) in [5.41, 5.74) is 2.14. The topological polar surface area (TPSA) is 38.7 Å². The van der Waals surface area contributed by atoms with Crippen molar-refractivity contribution in [2.24, 2.45) is 5.92 Å². The van der Waals surface area contributed by atoms with E-state index in [1.165, 1.54) is 0 Å². The molecule has 1 aromatic rings. The average molecular weight is 402 g/mol. The van der Waals surface area contributed by atoms with Gasteiger partial charge in [0.2, 0.25) is 0 Å². The molecule has 1 rings (SSSR count). The summed E-state index contributed by atoms with van der Waals surface area (Å²) in [6, 6.07) is 0. The molecule has 0 spiro atoms. The van der Waals surface area contributed by atoms with Crippen LogP contribution in [0.4, 0.5) is 0 Å². The highest BCUT2D eigenvalue weighted by atomic mass is 15.0. The van der Waals surface area contributed by atoms with Crippen molar-refractivity contribution < 1.29 is 0 Å². The Morgan fingerprint density at radius 1 is 0.900 bits per heavy atom. The molecule has 0 radical (unpaired) electrons. The molecule has 0 aliphatic carbocycles. The Hall–Kier alpha value is -3.07. The van der Waals surface area contributed by atoms with Gasteiger partial charge in [-0.1, -0.05) is 66.8 Å². The van der Waals surface area contributed by atoms with Gasteiger partial charge >= 0.3 is 0 Å². The second-order valence-electron chi connectivity index (χ2n) is 7.12. The van der Waals surface area contributed by atoms with Crippen LogP contribution in [0.1, 0.15) is 56.1 Å². The SMILES string of the molecule is C=CCC/C=C/C(/C=C/c1ncnc(C(C=C)CC=C)n1)CC(=C)C(=C)CCC=C. The molecule has 2 unspecified atom stereocenters. The van der Waals surface area contributed by atoms with Crippen molar-refractivity contribution >= 4 is 6.08 Å². The van der Waals surface area contributed by atoms with E-state index in [4.69, 9.17) is 0 Å². The highest BCUT2D eigenvalue weighted by molar-refractivity contribution is 5.41. The van der Waals surface area contributed by atoms with E-state index in [0.29, 0.717) is 11.6 Å². The Kier molecular flexibility index (Phi) is 12.4. The molecule has 0 fully saturated rings. The first kappa shape index (κ1) is 25.0. The number of hydrogen-bond donors (Lipinski definition) is 0. The largest absolute Gasteiger partial charge is 0.221 e. The van der Waals surface area contributed by atoms with Crippen molar-refractivity contribution in [3.63, 3.8) is 0 Å². The van der Waals surface area contributed by atoms with Crippen molar-refractivity contribution in [1.82, 2.24) is 15.0 Å². The van der Waals surface area contributed by atoms with Gasteiger partial charge in [0.05, 0.1) is 0 Å². The van der Waals surface area contributed by atoms with Gasteiger partial charge in [-0.3, -0.25) is 0 Å². The molecule has 0 N–H and O–H groups in total. The number of unbranched alkanes of at least 4 members (excludes halogenated alkanes) is 1. The van der Waals surface area contributed by atoms with Gasteiger partial charge in [-0.15, -0.1) is 26.3 Å². The molecule has 0 bridgehead atoms. The lowest BCUT2D eigenvalue weighted by Gasteiger charge is -2.13. The van der Waals surface area contributed by atoms with Crippen LogP contribution in [0.15, 0.2) is 99.5 Å². The van der Waals surface area contributed by atoms with E-state index < -0.39 is 0 Å². The van der Waals surface area contributed by atoms with Gasteiger partial charge in [0.15, 0.2) is 5.82 Å². The second kappa shape index (κ2) is 14.9. The molecular weight excluding hydrogens is 366 g/mol. The van der Waals surface area contributed by atoms with Crippen LogP contribution in [-0.4, -0.2) is 15.0 Å². The number of nitrogens with zero attached hydrogens (tertiary/aromatic N) is 3. The summed E-state index contributed by atoms with van der Waals surface area (Å²) >= 11 is 0. The van der Waals surface area contributed by atoms with Crippen LogP contribution < -0.4 is 0 Å². The van der Waals surface area contributed by atoms with Crippen LogP contribution in [0.25, 0.3) is 6.08 Å². The summed E-state index contributed by atoms with van der Waals surface area (Å²) in [6.45, 7) is 23.6. The van der Waals surface area contributed by atoms with Crippen LogP contribution >= 0.6 is 0 Å². The second-order valence-corrected chi connectivity index (χ2v) is 7.12. The standard InChI is InChI=1S/C27H35N3/c1-7-11-13-14-17-24(20-23(6)22(5)16-12-8-2)18-19-26-28-21-29-27(30-26)25(10-4)15-9-3/h7-10,14,17-19,21,24-25H,1-6,11-13,15-16,20H2/b17-14+,19-18+. The number of rotatable bonds is 16. The van der Waals surface area contributed by atoms with E-state index in [0.717, 1.165) is 49.7 Å². The molecule has 2 atom stereocenters. The van der Waals surface area contributed by atoms with Gasteiger partial charge in [0.1, 0.15) is 12.2 Å². The van der Waals surface area contributed by atoms with E-state index in [2.05, 4.69) is 72.7 Å². The Morgan fingerprint density at radius 2 is 1.67 bits per heavy atom. The Labute approximate surface area is 182 Å². The first-order chi connectivity index (χ1) is 14.5. The number of aromatic nitrogens is 3. The van der Waals surface area contributed by atoms with Gasteiger partial charge in [0.25, 0.3) is 0 Å². The third-order valence-corrected chi connectivity index (χ3v) is 4.69. The Bertz CT molecular complexity index is 798. The maximum absolute atomic E-state index is 4.58. The monoisotopic (exact) mass is 401 g/mol. The zero-order valence-electron chi connectivity index (χ0n) is 18.2. The lowest BCUT2D eigenvalue weighted by Crippen LogP contribution is -2.04. The highest BCUT2D eigenvalue weighted by Crippen LogP contribution is 2.23. The fraction of sp³-hybridized carbons (Fsp3) is 0.296. The minimum atomic E-state index is 0.0419. The summed E-state index contributed by atoms with van der Waals surface area (Å²) in [5, 5.41) is 0. The van der Waals surface area contributed by atoms with Crippen LogP contribution in [0.3, 0.4) is 0 Å². The molecule has 30 heavy (non-hydrogen) atoms. The van der Waals surface area contributed by atoms with Crippen molar-refractivity contribution in [2.45, 2.75) is 44.4 Å². The van der Waals surface area contributed by atoms with Gasteiger partial charge in [-0.05, 0) is 50.5 Å². The highest BCUT2D eigenvalue weighted by Gasteiger charge is 2.10. The molecule has 0 aliphatic rings. The van der Waals surface area contributed by atoms with E-state index in [1.807, 2.05) is 30.4 Å². The molecule has 0 saturated heterocycles. The molecule has 1 heterocycles. The summed E-state index contributed by atoms with van der Waals surface area (Å²) in [6.07, 6.45) is 22.8. The fourth-order valence-electron chi connectivity index (χ4n) is 2.84. The summed E-state index contributed by atoms with van der Waals surface area (Å²) < 4.78 is 0. The van der Waals surface area contributed by atoms with Crippen molar-refractivity contribution in [2.75, 3.05) is 0 Å². The molecule has 3 heteroatoms. The minimum Gasteiger partial charge on any atom is -0.221 e. The Morgan fingerprint density at radius 3 is 2.33 bits per heavy atom. The number of allylic oxidation sites excluding steroid dienone is 9. The molecule has 0 amide bonds. The molecule has 1 aromatic heterocycles. The van der Waals surface area contributed by atoms with Gasteiger partial charge < -0.3 is 0 Å². The van der Waals surface area contributed by atoms with Gasteiger partial charge in [-0.25, -0.2) is 15.0 Å². The summed E-state index contributed by atoms with van der Waals surface area (Å²) in [7, 11) is 0. The third-order valence-electron chi connectivity index (χ3n) is 4.69. The molecule has 3 nitrogen and oxygen atoms in total. The molecule has 0 saturated carbocycles. The van der Waals surface area contributed by atoms with Crippen LogP contribution in [-0.2, 0) is 0 Å². The van der Waals surface area contributed by atoms with Crippen molar-refractivity contribution in [3.8, 4) is 0 Å². The summed E-state index contributed by atoms with van der Waals surface area (Å²) in [5.74, 6) is 1.57. The molecule has 0 aromatic carbocycles. The van der Waals surface area contributed by atoms with E-state index in [1.54, 1.807) is 6.33 Å². The van der Waals surface area contributed by atoms with Gasteiger partial charge in [-0.2, -0.15) is 0 Å². The van der Waals surface area contributed by atoms with E-state index >= 15 is 0 Å². The first-order valence-corrected chi connectivity index (χ1v) is 10.4. The maximum Gasteiger partial charge on any atom is 0.155 e. The molecule has 158 valence electrons. The van der Waals surface area contributed by atoms with Crippen LogP contribution in [0, 0.1) is 5.92 Å². The first-order valence-electron chi connectivity index (χ1n) is 10.4. The Balaban J connectivity index is 2.96. The van der Waals surface area contributed by atoms with E-state index in [9.17, 15) is 0 Å². The maximum atomic E-state index is 4.58. The lowest BCUT2D eigenvalue weighted by molar-refractivity contribution is 0.760. The fourth-order valence-corrected chi connectivity index (χ4v) is 2.84. The average Bonchev–Trinajstić information content (AvgIpc) is 2.76. The quantitative estimate of drug-likeness (QED) is 0.165. The zero-order valence-corrected chi connectivity index (χ0v) is 18.2. The van der Waals surface area contributed by atoms with Crippen LogP contribution in [0.2, 0.25) is 0 Å². The molecule has 0 aliphatic heterocycles. The number of hydrogen-bond acceptors (Lipinski definition) is 3. The van der Waals surface area contributed by atoms with E-state index in [-0.39, 0.29) is 11.8 Å². The van der Waals surface area contributed by atoms with Gasteiger partial charge in [0, 0.05) is 5.92 Å². The smallest absolute Gasteiger partial charge is 0.155 e. The zero-order chi connectivity index (χ0) is 22.2. The molecular formula is C27H35N3. The normalized spacial score (nSPS) is 13.1.